The van der Waals surface area contributed by atoms with Crippen LogP contribution in [0.15, 0.2) is 28.8 Å². The van der Waals surface area contributed by atoms with Crippen molar-refractivity contribution in [2.75, 3.05) is 32.7 Å². The lowest BCUT2D eigenvalue weighted by Gasteiger charge is -2.33. The predicted octanol–water partition coefficient (Wildman–Crippen LogP) is 2.33. The zero-order chi connectivity index (χ0) is 19.9. The molecule has 0 radical (unpaired) electrons. The molecule has 1 amide bonds. The van der Waals surface area contributed by atoms with E-state index >= 15 is 0 Å². The van der Waals surface area contributed by atoms with E-state index in [0.29, 0.717) is 24.8 Å². The molecule has 2 heterocycles. The lowest BCUT2D eigenvalue weighted by Crippen LogP contribution is -2.49. The summed E-state index contributed by atoms with van der Waals surface area (Å²) in [7, 11) is 0. The lowest BCUT2D eigenvalue weighted by molar-refractivity contribution is -0.123. The highest BCUT2D eigenvalue weighted by Crippen LogP contribution is 2.17. The molecule has 1 unspecified atom stereocenters. The maximum absolute atomic E-state index is 12.0. The normalized spacial score (nSPS) is 16.8. The molecule has 0 saturated carbocycles. The first-order chi connectivity index (χ1) is 13.6. The average molecular weight is 386 g/mol. The second kappa shape index (κ2) is 9.80. The van der Waals surface area contributed by atoms with Crippen LogP contribution in [0.25, 0.3) is 11.4 Å². The number of amides is 1. The second-order valence-electron chi connectivity index (χ2n) is 7.49. The molecule has 1 saturated heterocycles. The highest BCUT2D eigenvalue weighted by molar-refractivity contribution is 5.78. The van der Waals surface area contributed by atoms with Gasteiger partial charge in [0.25, 0.3) is 0 Å². The largest absolute Gasteiger partial charge is 0.353 e. The Bertz CT molecular complexity index is 750. The van der Waals surface area contributed by atoms with E-state index in [1.54, 1.807) is 0 Å². The van der Waals surface area contributed by atoms with Gasteiger partial charge in [0.2, 0.25) is 17.6 Å². The van der Waals surface area contributed by atoms with Gasteiger partial charge in [-0.25, -0.2) is 0 Å². The molecule has 1 aliphatic heterocycles. The van der Waals surface area contributed by atoms with Crippen LogP contribution in [0.4, 0.5) is 0 Å². The Kier molecular flexibility index (Phi) is 7.17. The Hall–Kier alpha value is -2.25. The number of aromatic nitrogens is 2. The third kappa shape index (κ3) is 5.62. The molecule has 152 valence electrons. The van der Waals surface area contributed by atoms with Gasteiger partial charge in [-0.05, 0) is 25.3 Å². The molecule has 2 aromatic rings. The van der Waals surface area contributed by atoms with Crippen molar-refractivity contribution in [3.05, 3.63) is 35.7 Å². The molecule has 0 spiro atoms. The summed E-state index contributed by atoms with van der Waals surface area (Å²) in [5, 5.41) is 7.15. The highest BCUT2D eigenvalue weighted by atomic mass is 16.5. The van der Waals surface area contributed by atoms with Gasteiger partial charge in [0.1, 0.15) is 0 Å². The first kappa shape index (κ1) is 20.5. The SMILES string of the molecule is CCc1ccc(-c2noc(CN3CCN(CC(=O)NC(C)CC)CC3)n2)cc1. The maximum atomic E-state index is 12.0. The van der Waals surface area contributed by atoms with Crippen molar-refractivity contribution in [3.8, 4) is 11.4 Å². The van der Waals surface area contributed by atoms with Gasteiger partial charge in [-0.3, -0.25) is 14.6 Å². The van der Waals surface area contributed by atoms with E-state index in [4.69, 9.17) is 4.52 Å². The van der Waals surface area contributed by atoms with Gasteiger partial charge in [-0.2, -0.15) is 4.98 Å². The maximum Gasteiger partial charge on any atom is 0.241 e. The van der Waals surface area contributed by atoms with Crippen LogP contribution < -0.4 is 5.32 Å². The molecule has 7 nitrogen and oxygen atoms in total. The van der Waals surface area contributed by atoms with Gasteiger partial charge in [0, 0.05) is 37.8 Å². The monoisotopic (exact) mass is 385 g/mol. The van der Waals surface area contributed by atoms with E-state index in [1.165, 1.54) is 5.56 Å². The fourth-order valence-corrected chi connectivity index (χ4v) is 3.25. The summed E-state index contributed by atoms with van der Waals surface area (Å²) < 4.78 is 5.45. The smallest absolute Gasteiger partial charge is 0.241 e. The van der Waals surface area contributed by atoms with Gasteiger partial charge in [0.15, 0.2) is 0 Å². The van der Waals surface area contributed by atoms with E-state index in [1.807, 2.05) is 19.1 Å². The summed E-state index contributed by atoms with van der Waals surface area (Å²) in [6.45, 7) is 10.9. The number of rotatable bonds is 8. The number of carbonyl (C=O) groups excluding carboxylic acids is 1. The van der Waals surface area contributed by atoms with E-state index in [0.717, 1.165) is 44.6 Å². The van der Waals surface area contributed by atoms with E-state index in [2.05, 4.69) is 51.2 Å². The number of aryl methyl sites for hydroxylation is 1. The van der Waals surface area contributed by atoms with Crippen molar-refractivity contribution < 1.29 is 9.32 Å². The fourth-order valence-electron chi connectivity index (χ4n) is 3.25. The summed E-state index contributed by atoms with van der Waals surface area (Å²) in [6.07, 6.45) is 1.97. The highest BCUT2D eigenvalue weighted by Gasteiger charge is 2.21. The number of hydrogen-bond donors (Lipinski definition) is 1. The van der Waals surface area contributed by atoms with Crippen molar-refractivity contribution >= 4 is 5.91 Å². The first-order valence-corrected chi connectivity index (χ1v) is 10.2. The van der Waals surface area contributed by atoms with Crippen LogP contribution >= 0.6 is 0 Å². The first-order valence-electron chi connectivity index (χ1n) is 10.2. The predicted molar refractivity (Wildman–Crippen MR) is 109 cm³/mol. The molecular formula is C21H31N5O2. The van der Waals surface area contributed by atoms with Crippen LogP contribution in [0.5, 0.6) is 0 Å². The van der Waals surface area contributed by atoms with Crippen molar-refractivity contribution in [3.63, 3.8) is 0 Å². The van der Waals surface area contributed by atoms with E-state index < -0.39 is 0 Å². The number of nitrogens with zero attached hydrogens (tertiary/aromatic N) is 4. The zero-order valence-corrected chi connectivity index (χ0v) is 17.1. The van der Waals surface area contributed by atoms with Crippen LogP contribution in [-0.4, -0.2) is 64.6 Å². The van der Waals surface area contributed by atoms with Crippen molar-refractivity contribution in [2.45, 2.75) is 46.2 Å². The summed E-state index contributed by atoms with van der Waals surface area (Å²) in [6, 6.07) is 8.51. The minimum atomic E-state index is 0.110. The molecule has 7 heteroatoms. The molecule has 1 fully saturated rings. The molecule has 0 aliphatic carbocycles. The number of benzene rings is 1. The molecule has 28 heavy (non-hydrogen) atoms. The summed E-state index contributed by atoms with van der Waals surface area (Å²) in [4.78, 5) is 21.1. The minimum Gasteiger partial charge on any atom is -0.353 e. The summed E-state index contributed by atoms with van der Waals surface area (Å²) >= 11 is 0. The Morgan fingerprint density at radius 2 is 1.82 bits per heavy atom. The lowest BCUT2D eigenvalue weighted by atomic mass is 10.1. The Balaban J connectivity index is 1.46. The number of hydrogen-bond acceptors (Lipinski definition) is 6. The molecule has 0 bridgehead atoms. The van der Waals surface area contributed by atoms with Crippen LogP contribution in [-0.2, 0) is 17.8 Å². The van der Waals surface area contributed by atoms with Crippen molar-refractivity contribution in [1.82, 2.24) is 25.3 Å². The number of nitrogens with one attached hydrogen (secondary N) is 1. The average Bonchev–Trinajstić information content (AvgIpc) is 3.18. The third-order valence-electron chi connectivity index (χ3n) is 5.30. The van der Waals surface area contributed by atoms with E-state index in [-0.39, 0.29) is 11.9 Å². The molecule has 1 atom stereocenters. The van der Waals surface area contributed by atoms with Gasteiger partial charge in [-0.1, -0.05) is 43.3 Å². The molecule has 1 aromatic carbocycles. The van der Waals surface area contributed by atoms with Gasteiger partial charge >= 0.3 is 0 Å². The Morgan fingerprint density at radius 1 is 1.14 bits per heavy atom. The summed E-state index contributed by atoms with van der Waals surface area (Å²) in [5.41, 5.74) is 2.27. The molecule has 1 aromatic heterocycles. The van der Waals surface area contributed by atoms with Crippen molar-refractivity contribution in [2.24, 2.45) is 0 Å². The van der Waals surface area contributed by atoms with Crippen LogP contribution in [0.3, 0.4) is 0 Å². The standard InChI is InChI=1S/C21H31N5O2/c1-4-16(3)22-19(27)14-25-10-12-26(13-11-25)15-20-23-21(24-28-20)18-8-6-17(5-2)7-9-18/h6-9,16H,4-5,10-15H2,1-3H3,(H,22,27). The number of piperazine rings is 1. The fraction of sp³-hybridized carbons (Fsp3) is 0.571. The van der Waals surface area contributed by atoms with Crippen molar-refractivity contribution in [1.29, 1.82) is 0 Å². The summed E-state index contributed by atoms with van der Waals surface area (Å²) in [5.74, 6) is 1.38. The Morgan fingerprint density at radius 3 is 2.46 bits per heavy atom. The molecule has 1 aliphatic rings. The molecule has 3 rings (SSSR count). The number of carbonyl (C=O) groups is 1. The molecular weight excluding hydrogens is 354 g/mol. The minimum absolute atomic E-state index is 0.110. The second-order valence-corrected chi connectivity index (χ2v) is 7.49. The van der Waals surface area contributed by atoms with E-state index in [9.17, 15) is 4.79 Å². The van der Waals surface area contributed by atoms with Gasteiger partial charge in [-0.15, -0.1) is 0 Å². The van der Waals surface area contributed by atoms with Crippen LogP contribution in [0.2, 0.25) is 0 Å². The van der Waals surface area contributed by atoms with Crippen LogP contribution in [0, 0.1) is 0 Å². The molecule has 1 N–H and O–H groups in total. The topological polar surface area (TPSA) is 74.5 Å². The Labute approximate surface area is 167 Å². The quantitative estimate of drug-likeness (QED) is 0.752. The van der Waals surface area contributed by atoms with Crippen LogP contribution in [0.1, 0.15) is 38.6 Å². The van der Waals surface area contributed by atoms with Gasteiger partial charge < -0.3 is 9.84 Å². The third-order valence-corrected chi connectivity index (χ3v) is 5.30. The van der Waals surface area contributed by atoms with Gasteiger partial charge in [0.05, 0.1) is 13.1 Å². The zero-order valence-electron chi connectivity index (χ0n) is 17.1.